The van der Waals surface area contributed by atoms with Crippen LogP contribution in [0.25, 0.3) is 0 Å². The summed E-state index contributed by atoms with van der Waals surface area (Å²) in [6.07, 6.45) is -0.111. The number of benzene rings is 1. The van der Waals surface area contributed by atoms with Crippen LogP contribution in [0, 0.1) is 11.6 Å². The Morgan fingerprint density at radius 2 is 1.78 bits per heavy atom. The zero-order valence-electron chi connectivity index (χ0n) is 9.95. The van der Waals surface area contributed by atoms with Gasteiger partial charge in [-0.15, -0.1) is 0 Å². The van der Waals surface area contributed by atoms with E-state index in [4.69, 9.17) is 0 Å². The Balaban J connectivity index is 2.67. The molecule has 0 radical (unpaired) electrons. The van der Waals surface area contributed by atoms with E-state index in [1.165, 1.54) is 13.0 Å². The van der Waals surface area contributed by atoms with Gasteiger partial charge in [0.05, 0.1) is 11.3 Å². The third-order valence-electron chi connectivity index (χ3n) is 2.54. The Labute approximate surface area is 105 Å². The third kappa shape index (κ3) is 3.87. The highest BCUT2D eigenvalue weighted by Gasteiger charge is 2.17. The second-order valence-corrected chi connectivity index (χ2v) is 6.33. The Hall–Kier alpha value is -1.30. The Bertz CT molecular complexity index is 518. The number of sulfone groups is 1. The lowest BCUT2D eigenvalue weighted by Gasteiger charge is -2.04. The highest BCUT2D eigenvalue weighted by atomic mass is 32.2. The fourth-order valence-corrected chi connectivity index (χ4v) is 2.36. The van der Waals surface area contributed by atoms with Crippen LogP contribution in [0.5, 0.6) is 0 Å². The lowest BCUT2D eigenvalue weighted by molar-refractivity contribution is 0.0974. The monoisotopic (exact) mass is 276 g/mol. The summed E-state index contributed by atoms with van der Waals surface area (Å²) >= 11 is 0. The van der Waals surface area contributed by atoms with Crippen molar-refractivity contribution in [1.82, 2.24) is 0 Å². The maximum absolute atomic E-state index is 13.2. The van der Waals surface area contributed by atoms with Gasteiger partial charge in [-0.1, -0.05) is 13.0 Å². The second kappa shape index (κ2) is 6.04. The zero-order chi connectivity index (χ0) is 13.8. The SMILES string of the molecule is CCS(=O)(=O)CCCC(=O)c1c(F)cccc1F. The van der Waals surface area contributed by atoms with Gasteiger partial charge in [0.1, 0.15) is 21.5 Å². The van der Waals surface area contributed by atoms with Gasteiger partial charge in [-0.3, -0.25) is 4.79 Å². The second-order valence-electron chi connectivity index (χ2n) is 3.86. The molecule has 18 heavy (non-hydrogen) atoms. The van der Waals surface area contributed by atoms with E-state index in [0.29, 0.717) is 0 Å². The van der Waals surface area contributed by atoms with Crippen molar-refractivity contribution in [3.8, 4) is 0 Å². The summed E-state index contributed by atoms with van der Waals surface area (Å²) in [5.74, 6) is -2.70. The minimum absolute atomic E-state index is 0.00471. The molecular formula is C12H14F2O3S. The number of halogens is 2. The van der Waals surface area contributed by atoms with Crippen molar-refractivity contribution in [2.75, 3.05) is 11.5 Å². The van der Waals surface area contributed by atoms with Crippen molar-refractivity contribution in [3.63, 3.8) is 0 Å². The average molecular weight is 276 g/mol. The molecule has 0 saturated carbocycles. The predicted octanol–water partition coefficient (Wildman–Crippen LogP) is 2.36. The quantitative estimate of drug-likeness (QED) is 0.749. The van der Waals surface area contributed by atoms with Crippen molar-refractivity contribution in [2.45, 2.75) is 19.8 Å². The molecule has 0 amide bonds. The Morgan fingerprint density at radius 1 is 1.22 bits per heavy atom. The molecule has 0 saturated heterocycles. The zero-order valence-corrected chi connectivity index (χ0v) is 10.8. The number of carbonyl (C=O) groups excluding carboxylic acids is 1. The topological polar surface area (TPSA) is 51.2 Å². The molecule has 1 aromatic carbocycles. The highest BCUT2D eigenvalue weighted by Crippen LogP contribution is 2.15. The van der Waals surface area contributed by atoms with Crippen LogP contribution in [-0.2, 0) is 9.84 Å². The number of Topliss-reactive ketones (excluding diaryl/α,β-unsaturated/α-hetero) is 1. The van der Waals surface area contributed by atoms with Crippen LogP contribution >= 0.6 is 0 Å². The van der Waals surface area contributed by atoms with Gasteiger partial charge < -0.3 is 0 Å². The van der Waals surface area contributed by atoms with Gasteiger partial charge in [-0.05, 0) is 18.6 Å². The summed E-state index contributed by atoms with van der Waals surface area (Å²) in [5, 5.41) is 0. The minimum atomic E-state index is -3.16. The molecule has 0 atom stereocenters. The molecule has 0 aliphatic rings. The lowest BCUT2D eigenvalue weighted by atomic mass is 10.1. The normalized spacial score (nSPS) is 11.5. The van der Waals surface area contributed by atoms with E-state index in [1.54, 1.807) is 0 Å². The van der Waals surface area contributed by atoms with Gasteiger partial charge >= 0.3 is 0 Å². The summed E-state index contributed by atoms with van der Waals surface area (Å²) in [6, 6.07) is 3.17. The van der Waals surface area contributed by atoms with Crippen molar-refractivity contribution in [1.29, 1.82) is 0 Å². The van der Waals surface area contributed by atoms with Gasteiger partial charge in [0.2, 0.25) is 0 Å². The van der Waals surface area contributed by atoms with Crippen molar-refractivity contribution in [2.24, 2.45) is 0 Å². The van der Waals surface area contributed by atoms with Gasteiger partial charge in [0, 0.05) is 12.2 Å². The predicted molar refractivity (Wildman–Crippen MR) is 64.3 cm³/mol. The standard InChI is InChI=1S/C12H14F2O3S/c1-2-18(16,17)8-4-7-11(15)12-9(13)5-3-6-10(12)14/h3,5-6H,2,4,7-8H2,1H3. The minimum Gasteiger partial charge on any atom is -0.294 e. The van der Waals surface area contributed by atoms with Gasteiger partial charge in [-0.25, -0.2) is 17.2 Å². The van der Waals surface area contributed by atoms with Crippen LogP contribution in [-0.4, -0.2) is 25.7 Å². The van der Waals surface area contributed by atoms with Gasteiger partial charge in [0.15, 0.2) is 5.78 Å². The Kier molecular flexibility index (Phi) is 4.95. The number of ketones is 1. The highest BCUT2D eigenvalue weighted by molar-refractivity contribution is 7.91. The molecule has 0 N–H and O–H groups in total. The first-order valence-corrected chi connectivity index (χ1v) is 7.37. The summed E-state index contributed by atoms with van der Waals surface area (Å²) < 4.78 is 48.9. The average Bonchev–Trinajstić information content (AvgIpc) is 2.28. The maximum atomic E-state index is 13.2. The first kappa shape index (κ1) is 14.8. The number of hydrogen-bond donors (Lipinski definition) is 0. The number of carbonyl (C=O) groups is 1. The van der Waals surface area contributed by atoms with E-state index in [9.17, 15) is 22.0 Å². The molecule has 0 aromatic heterocycles. The molecule has 0 aliphatic carbocycles. The van der Waals surface area contributed by atoms with E-state index in [-0.39, 0.29) is 24.3 Å². The van der Waals surface area contributed by atoms with Crippen LogP contribution in [0.4, 0.5) is 8.78 Å². The van der Waals surface area contributed by atoms with Crippen molar-refractivity contribution >= 4 is 15.6 Å². The van der Waals surface area contributed by atoms with E-state index in [0.717, 1.165) is 12.1 Å². The molecule has 0 aliphatic heterocycles. The van der Waals surface area contributed by atoms with Crippen molar-refractivity contribution in [3.05, 3.63) is 35.4 Å². The molecule has 0 spiro atoms. The fourth-order valence-electron chi connectivity index (χ4n) is 1.49. The summed E-state index contributed by atoms with van der Waals surface area (Å²) in [6.45, 7) is 1.51. The molecule has 0 fully saturated rings. The number of rotatable bonds is 6. The smallest absolute Gasteiger partial charge is 0.168 e. The number of hydrogen-bond acceptors (Lipinski definition) is 3. The lowest BCUT2D eigenvalue weighted by Crippen LogP contribution is -2.12. The van der Waals surface area contributed by atoms with Crippen molar-refractivity contribution < 1.29 is 22.0 Å². The molecule has 1 aromatic rings. The molecule has 0 bridgehead atoms. The van der Waals surface area contributed by atoms with Crippen LogP contribution < -0.4 is 0 Å². The molecule has 1 rings (SSSR count). The van der Waals surface area contributed by atoms with Gasteiger partial charge in [0.25, 0.3) is 0 Å². The van der Waals surface area contributed by atoms with Gasteiger partial charge in [-0.2, -0.15) is 0 Å². The summed E-state index contributed by atoms with van der Waals surface area (Å²) in [7, 11) is -3.16. The molecule has 0 heterocycles. The first-order valence-electron chi connectivity index (χ1n) is 5.55. The summed E-state index contributed by atoms with van der Waals surface area (Å²) in [4.78, 5) is 11.6. The maximum Gasteiger partial charge on any atom is 0.168 e. The molecule has 6 heteroatoms. The van der Waals surface area contributed by atoms with Crippen LogP contribution in [0.15, 0.2) is 18.2 Å². The summed E-state index contributed by atoms with van der Waals surface area (Å²) in [5.41, 5.74) is -0.591. The molecule has 3 nitrogen and oxygen atoms in total. The first-order chi connectivity index (χ1) is 8.37. The van der Waals surface area contributed by atoms with E-state index in [1.807, 2.05) is 0 Å². The fraction of sp³-hybridized carbons (Fsp3) is 0.417. The van der Waals surface area contributed by atoms with E-state index in [2.05, 4.69) is 0 Å². The molecule has 0 unspecified atom stereocenters. The molecular weight excluding hydrogens is 262 g/mol. The van der Waals surface area contributed by atoms with Crippen LogP contribution in [0.2, 0.25) is 0 Å². The van der Waals surface area contributed by atoms with E-state index < -0.39 is 32.8 Å². The largest absolute Gasteiger partial charge is 0.294 e. The van der Waals surface area contributed by atoms with E-state index >= 15 is 0 Å². The molecule has 100 valence electrons. The third-order valence-corrected chi connectivity index (χ3v) is 4.33. The van der Waals surface area contributed by atoms with Crippen LogP contribution in [0.1, 0.15) is 30.1 Å². The van der Waals surface area contributed by atoms with Crippen LogP contribution in [0.3, 0.4) is 0 Å². The Morgan fingerprint density at radius 3 is 2.28 bits per heavy atom.